The van der Waals surface area contributed by atoms with E-state index >= 15 is 0 Å². The summed E-state index contributed by atoms with van der Waals surface area (Å²) in [6.07, 6.45) is 0. The molecule has 7 nitrogen and oxygen atoms in total. The van der Waals surface area contributed by atoms with Gasteiger partial charge in [0, 0.05) is 4.88 Å². The van der Waals surface area contributed by atoms with Crippen LogP contribution in [0.25, 0.3) is 0 Å². The van der Waals surface area contributed by atoms with E-state index in [1.54, 1.807) is 39.8 Å². The number of hydrogen-bond acceptors (Lipinski definition) is 7. The van der Waals surface area contributed by atoms with Gasteiger partial charge in [0.15, 0.2) is 0 Å². The molecule has 0 saturated carbocycles. The molecule has 0 amide bonds. The SMILES string of the molecule is CCOC(=O)CN(c1sc(C)c(C)c1C(=O)OCC)S(=O)(=O)c1ccc(C)cc1. The van der Waals surface area contributed by atoms with Crippen molar-refractivity contribution in [3.05, 3.63) is 45.8 Å². The lowest BCUT2D eigenvalue weighted by Crippen LogP contribution is -2.37. The molecule has 1 aromatic carbocycles. The molecule has 0 bridgehead atoms. The average molecular weight is 440 g/mol. The second-order valence-electron chi connectivity index (χ2n) is 6.31. The number of carbonyl (C=O) groups is 2. The van der Waals surface area contributed by atoms with Crippen LogP contribution in [-0.2, 0) is 24.3 Å². The first-order chi connectivity index (χ1) is 13.6. The van der Waals surface area contributed by atoms with Gasteiger partial charge in [0.1, 0.15) is 11.5 Å². The number of nitrogens with zero attached hydrogens (tertiary/aromatic N) is 1. The molecule has 0 aliphatic heterocycles. The highest BCUT2D eigenvalue weighted by molar-refractivity contribution is 7.93. The Morgan fingerprint density at radius 1 is 1.00 bits per heavy atom. The Hall–Kier alpha value is -2.39. The number of esters is 2. The Bertz CT molecular complexity index is 993. The molecular formula is C20H25NO6S2. The van der Waals surface area contributed by atoms with Crippen LogP contribution in [0.15, 0.2) is 29.2 Å². The van der Waals surface area contributed by atoms with Crippen molar-refractivity contribution in [3.8, 4) is 0 Å². The minimum absolute atomic E-state index is 0.0194. The molecule has 0 spiro atoms. The molecule has 2 aromatic rings. The number of ether oxygens (including phenoxy) is 2. The van der Waals surface area contributed by atoms with Gasteiger partial charge in [-0.15, -0.1) is 11.3 Å². The molecule has 0 radical (unpaired) electrons. The number of sulfonamides is 1. The lowest BCUT2D eigenvalue weighted by molar-refractivity contribution is -0.141. The van der Waals surface area contributed by atoms with E-state index in [1.165, 1.54) is 12.1 Å². The summed E-state index contributed by atoms with van der Waals surface area (Å²) < 4.78 is 37.9. The molecule has 1 heterocycles. The summed E-state index contributed by atoms with van der Waals surface area (Å²) in [6.45, 7) is 8.38. The maximum atomic E-state index is 13.4. The molecule has 29 heavy (non-hydrogen) atoms. The van der Waals surface area contributed by atoms with Gasteiger partial charge >= 0.3 is 11.9 Å². The Labute approximate surface area is 175 Å². The standard InChI is InChI=1S/C20H25NO6S2/c1-6-26-17(22)12-21(29(24,25)16-10-8-13(3)9-11-16)19-18(20(23)27-7-2)14(4)15(5)28-19/h8-11H,6-7,12H2,1-5H3. The van der Waals surface area contributed by atoms with E-state index in [1.807, 2.05) is 6.92 Å². The van der Waals surface area contributed by atoms with Crippen LogP contribution in [0.5, 0.6) is 0 Å². The molecule has 0 unspecified atom stereocenters. The second-order valence-corrected chi connectivity index (χ2v) is 9.38. The van der Waals surface area contributed by atoms with Gasteiger partial charge in [0.2, 0.25) is 0 Å². The largest absolute Gasteiger partial charge is 0.465 e. The molecule has 0 saturated heterocycles. The van der Waals surface area contributed by atoms with Gasteiger partial charge in [-0.05, 0) is 52.3 Å². The monoisotopic (exact) mass is 439 g/mol. The van der Waals surface area contributed by atoms with Crippen molar-refractivity contribution in [2.24, 2.45) is 0 Å². The third-order valence-electron chi connectivity index (χ3n) is 4.26. The minimum Gasteiger partial charge on any atom is -0.465 e. The molecule has 0 fully saturated rings. The fourth-order valence-corrected chi connectivity index (χ4v) is 5.43. The second kappa shape index (κ2) is 9.41. The molecule has 0 aliphatic carbocycles. The van der Waals surface area contributed by atoms with Gasteiger partial charge in [-0.3, -0.25) is 4.79 Å². The highest BCUT2D eigenvalue weighted by atomic mass is 32.2. The maximum absolute atomic E-state index is 13.4. The van der Waals surface area contributed by atoms with E-state index in [-0.39, 0.29) is 28.7 Å². The summed E-state index contributed by atoms with van der Waals surface area (Å²) in [5, 5.41) is 0.145. The molecule has 0 N–H and O–H groups in total. The lowest BCUT2D eigenvalue weighted by atomic mass is 10.1. The van der Waals surface area contributed by atoms with Crippen LogP contribution >= 0.6 is 11.3 Å². The molecular weight excluding hydrogens is 414 g/mol. The van der Waals surface area contributed by atoms with Crippen molar-refractivity contribution >= 4 is 38.3 Å². The van der Waals surface area contributed by atoms with Gasteiger partial charge < -0.3 is 9.47 Å². The number of anilines is 1. The molecule has 158 valence electrons. The highest BCUT2D eigenvalue weighted by Crippen LogP contribution is 2.38. The van der Waals surface area contributed by atoms with Crippen LogP contribution in [0.3, 0.4) is 0 Å². The summed E-state index contributed by atoms with van der Waals surface area (Å²) in [4.78, 5) is 25.6. The van der Waals surface area contributed by atoms with Crippen molar-refractivity contribution in [1.82, 2.24) is 0 Å². The van der Waals surface area contributed by atoms with Crippen molar-refractivity contribution in [2.75, 3.05) is 24.1 Å². The van der Waals surface area contributed by atoms with Gasteiger partial charge in [-0.25, -0.2) is 17.5 Å². The summed E-state index contributed by atoms with van der Waals surface area (Å²) in [5.41, 5.74) is 1.67. The molecule has 2 rings (SSSR count). The first-order valence-electron chi connectivity index (χ1n) is 9.15. The zero-order valence-corrected chi connectivity index (χ0v) is 18.8. The van der Waals surface area contributed by atoms with Gasteiger partial charge in [-0.1, -0.05) is 17.7 Å². The van der Waals surface area contributed by atoms with Gasteiger partial charge in [-0.2, -0.15) is 0 Å². The Morgan fingerprint density at radius 3 is 2.14 bits per heavy atom. The smallest absolute Gasteiger partial charge is 0.341 e. The normalized spacial score (nSPS) is 11.2. The van der Waals surface area contributed by atoms with Crippen LogP contribution in [0, 0.1) is 20.8 Å². The molecule has 0 aliphatic rings. The number of rotatable bonds is 8. The van der Waals surface area contributed by atoms with Crippen LogP contribution in [0.1, 0.15) is 40.2 Å². The number of aryl methyl sites for hydroxylation is 2. The van der Waals surface area contributed by atoms with E-state index < -0.39 is 28.5 Å². The van der Waals surface area contributed by atoms with Gasteiger partial charge in [0.05, 0.1) is 23.7 Å². The first-order valence-corrected chi connectivity index (χ1v) is 11.4. The van der Waals surface area contributed by atoms with E-state index in [4.69, 9.17) is 9.47 Å². The summed E-state index contributed by atoms with van der Waals surface area (Å²) >= 11 is 1.13. The Balaban J connectivity index is 2.66. The lowest BCUT2D eigenvalue weighted by Gasteiger charge is -2.23. The first kappa shape index (κ1) is 22.9. The van der Waals surface area contributed by atoms with Crippen LogP contribution < -0.4 is 4.31 Å². The van der Waals surface area contributed by atoms with Crippen molar-refractivity contribution < 1.29 is 27.5 Å². The molecule has 9 heteroatoms. The molecule has 1 aromatic heterocycles. The zero-order chi connectivity index (χ0) is 21.8. The fourth-order valence-electron chi connectivity index (χ4n) is 2.66. The Morgan fingerprint density at radius 2 is 1.59 bits per heavy atom. The van der Waals surface area contributed by atoms with E-state index in [0.717, 1.165) is 26.1 Å². The summed E-state index contributed by atoms with van der Waals surface area (Å²) in [5.74, 6) is -1.33. The minimum atomic E-state index is -4.12. The topological polar surface area (TPSA) is 90.0 Å². The predicted octanol–water partition coefficient (Wildman–Crippen LogP) is 3.61. The van der Waals surface area contributed by atoms with E-state index in [0.29, 0.717) is 5.56 Å². The van der Waals surface area contributed by atoms with Crippen molar-refractivity contribution in [3.63, 3.8) is 0 Å². The predicted molar refractivity (Wildman–Crippen MR) is 112 cm³/mol. The average Bonchev–Trinajstić information content (AvgIpc) is 2.95. The van der Waals surface area contributed by atoms with Crippen molar-refractivity contribution in [1.29, 1.82) is 0 Å². The maximum Gasteiger partial charge on any atom is 0.341 e. The number of carbonyl (C=O) groups excluding carboxylic acids is 2. The van der Waals surface area contributed by atoms with Crippen LogP contribution in [-0.4, -0.2) is 40.1 Å². The summed E-state index contributed by atoms with van der Waals surface area (Å²) in [7, 11) is -4.12. The van der Waals surface area contributed by atoms with E-state index in [9.17, 15) is 18.0 Å². The summed E-state index contributed by atoms with van der Waals surface area (Å²) in [6, 6.07) is 6.29. The third kappa shape index (κ3) is 4.97. The van der Waals surface area contributed by atoms with Gasteiger partial charge in [0.25, 0.3) is 10.0 Å². The fraction of sp³-hybridized carbons (Fsp3) is 0.400. The molecule has 0 atom stereocenters. The third-order valence-corrected chi connectivity index (χ3v) is 7.37. The highest BCUT2D eigenvalue weighted by Gasteiger charge is 2.34. The quantitative estimate of drug-likeness (QED) is 0.584. The number of thiophene rings is 1. The van der Waals surface area contributed by atoms with Crippen LogP contribution in [0.4, 0.5) is 5.00 Å². The number of hydrogen-bond donors (Lipinski definition) is 0. The van der Waals surface area contributed by atoms with Crippen LogP contribution in [0.2, 0.25) is 0 Å². The number of benzene rings is 1. The van der Waals surface area contributed by atoms with E-state index in [2.05, 4.69) is 0 Å². The Kier molecular flexibility index (Phi) is 7.43. The van der Waals surface area contributed by atoms with Crippen molar-refractivity contribution in [2.45, 2.75) is 39.5 Å². The zero-order valence-electron chi connectivity index (χ0n) is 17.1.